The molecular formula is C18H36N2O. The van der Waals surface area contributed by atoms with E-state index >= 15 is 0 Å². The summed E-state index contributed by atoms with van der Waals surface area (Å²) in [6, 6.07) is 0. The molecular weight excluding hydrogens is 260 g/mol. The van der Waals surface area contributed by atoms with Gasteiger partial charge in [-0.15, -0.1) is 0 Å². The highest BCUT2D eigenvalue weighted by Crippen LogP contribution is 2.31. The van der Waals surface area contributed by atoms with Crippen LogP contribution in [0.4, 0.5) is 0 Å². The van der Waals surface area contributed by atoms with Crippen molar-refractivity contribution in [1.29, 1.82) is 0 Å². The number of carbonyl (C=O) groups is 1. The molecule has 124 valence electrons. The third kappa shape index (κ3) is 7.30. The van der Waals surface area contributed by atoms with Crippen molar-refractivity contribution in [3.05, 3.63) is 0 Å². The van der Waals surface area contributed by atoms with E-state index in [1.807, 2.05) is 0 Å². The van der Waals surface area contributed by atoms with E-state index in [0.717, 1.165) is 32.4 Å². The summed E-state index contributed by atoms with van der Waals surface area (Å²) in [6.45, 7) is 8.33. The summed E-state index contributed by atoms with van der Waals surface area (Å²) in [5.74, 6) is 1.17. The quantitative estimate of drug-likeness (QED) is 0.635. The smallest absolute Gasteiger partial charge is 0.223 e. The lowest BCUT2D eigenvalue weighted by molar-refractivity contribution is -0.127. The first-order chi connectivity index (χ1) is 9.98. The Morgan fingerprint density at radius 2 is 2.05 bits per heavy atom. The van der Waals surface area contributed by atoms with Crippen molar-refractivity contribution in [3.8, 4) is 0 Å². The summed E-state index contributed by atoms with van der Waals surface area (Å²) in [7, 11) is 0. The maximum absolute atomic E-state index is 12.4. The van der Waals surface area contributed by atoms with E-state index in [1.165, 1.54) is 38.5 Å². The predicted octanol–water partition coefficient (Wildman–Crippen LogP) is 3.86. The fourth-order valence-corrected chi connectivity index (χ4v) is 3.44. The molecule has 1 saturated carbocycles. The summed E-state index contributed by atoms with van der Waals surface area (Å²) in [5, 5.41) is 3.21. The number of rotatable bonds is 9. The zero-order valence-electron chi connectivity index (χ0n) is 14.4. The number of hydrogen-bond donors (Lipinski definition) is 2. The molecule has 0 bridgehead atoms. The number of unbranched alkanes of at least 4 members (excludes halogenated alkanes) is 2. The Morgan fingerprint density at radius 3 is 2.71 bits per heavy atom. The molecule has 0 radical (unpaired) electrons. The van der Waals surface area contributed by atoms with E-state index in [-0.39, 0.29) is 17.2 Å². The lowest BCUT2D eigenvalue weighted by atomic mass is 9.79. The Kier molecular flexibility index (Phi) is 8.31. The monoisotopic (exact) mass is 296 g/mol. The predicted molar refractivity (Wildman–Crippen MR) is 90.1 cm³/mol. The fourth-order valence-electron chi connectivity index (χ4n) is 3.44. The lowest BCUT2D eigenvalue weighted by Gasteiger charge is -2.30. The van der Waals surface area contributed by atoms with Crippen molar-refractivity contribution >= 4 is 5.91 Å². The summed E-state index contributed by atoms with van der Waals surface area (Å²) in [6.07, 6.45) is 10.6. The zero-order chi connectivity index (χ0) is 15.7. The van der Waals surface area contributed by atoms with E-state index in [2.05, 4.69) is 26.1 Å². The average molecular weight is 296 g/mol. The van der Waals surface area contributed by atoms with Gasteiger partial charge in [0.2, 0.25) is 5.91 Å². The summed E-state index contributed by atoms with van der Waals surface area (Å²) in [5.41, 5.74) is 5.87. The molecule has 0 aromatic heterocycles. The Labute approximate surface area is 131 Å². The van der Waals surface area contributed by atoms with Gasteiger partial charge < -0.3 is 11.1 Å². The number of carbonyl (C=O) groups excluding carboxylic acids is 1. The molecule has 3 nitrogen and oxygen atoms in total. The highest BCUT2D eigenvalue weighted by Gasteiger charge is 2.28. The molecule has 3 heteroatoms. The van der Waals surface area contributed by atoms with E-state index in [0.29, 0.717) is 5.92 Å². The van der Waals surface area contributed by atoms with Crippen molar-refractivity contribution in [2.24, 2.45) is 23.0 Å². The second-order valence-electron chi connectivity index (χ2n) is 7.65. The van der Waals surface area contributed by atoms with Gasteiger partial charge in [-0.05, 0) is 43.6 Å². The standard InChI is InChI=1S/C18H36N2O/c1-4-5-6-11-18(2,3)14-20-17(21)16-9-7-8-15(13-16)10-12-19/h15-16H,4-14,19H2,1-3H3,(H,20,21). The topological polar surface area (TPSA) is 55.1 Å². The SMILES string of the molecule is CCCCCC(C)(C)CNC(=O)C1CCCC(CCN)C1. The van der Waals surface area contributed by atoms with E-state index in [4.69, 9.17) is 5.73 Å². The molecule has 21 heavy (non-hydrogen) atoms. The molecule has 1 rings (SSSR count). The van der Waals surface area contributed by atoms with Crippen LogP contribution in [0.25, 0.3) is 0 Å². The molecule has 1 fully saturated rings. The first-order valence-electron chi connectivity index (χ1n) is 8.96. The van der Waals surface area contributed by atoms with Crippen molar-refractivity contribution in [3.63, 3.8) is 0 Å². The van der Waals surface area contributed by atoms with Crippen molar-refractivity contribution in [2.45, 2.75) is 78.6 Å². The van der Waals surface area contributed by atoms with Crippen LogP contribution >= 0.6 is 0 Å². The molecule has 2 atom stereocenters. The zero-order valence-corrected chi connectivity index (χ0v) is 14.4. The Balaban J connectivity index is 2.31. The van der Waals surface area contributed by atoms with Crippen LogP contribution in [0, 0.1) is 17.3 Å². The van der Waals surface area contributed by atoms with Gasteiger partial charge in [0.15, 0.2) is 0 Å². The van der Waals surface area contributed by atoms with E-state index in [1.54, 1.807) is 0 Å². The number of amides is 1. The molecule has 1 aliphatic carbocycles. The minimum Gasteiger partial charge on any atom is -0.355 e. The third-order valence-corrected chi connectivity index (χ3v) is 4.93. The minimum absolute atomic E-state index is 0.218. The highest BCUT2D eigenvalue weighted by atomic mass is 16.1. The van der Waals surface area contributed by atoms with Crippen LogP contribution in [0.1, 0.15) is 78.6 Å². The van der Waals surface area contributed by atoms with Crippen molar-refractivity contribution < 1.29 is 4.79 Å². The Morgan fingerprint density at radius 1 is 1.29 bits per heavy atom. The maximum Gasteiger partial charge on any atom is 0.223 e. The van der Waals surface area contributed by atoms with Gasteiger partial charge in [0, 0.05) is 12.5 Å². The fraction of sp³-hybridized carbons (Fsp3) is 0.944. The normalized spacial score (nSPS) is 23.0. The highest BCUT2D eigenvalue weighted by molar-refractivity contribution is 5.78. The van der Waals surface area contributed by atoms with Gasteiger partial charge >= 0.3 is 0 Å². The molecule has 0 heterocycles. The molecule has 1 amide bonds. The van der Waals surface area contributed by atoms with E-state index in [9.17, 15) is 4.79 Å². The van der Waals surface area contributed by atoms with Crippen LogP contribution in [0.2, 0.25) is 0 Å². The maximum atomic E-state index is 12.4. The van der Waals surface area contributed by atoms with Gasteiger partial charge in [-0.2, -0.15) is 0 Å². The second-order valence-corrected chi connectivity index (χ2v) is 7.65. The molecule has 2 unspecified atom stereocenters. The molecule has 0 saturated heterocycles. The Hall–Kier alpha value is -0.570. The van der Waals surface area contributed by atoms with Crippen LogP contribution in [0.15, 0.2) is 0 Å². The number of hydrogen-bond acceptors (Lipinski definition) is 2. The van der Waals surface area contributed by atoms with Crippen LogP contribution in [-0.2, 0) is 4.79 Å². The Bertz CT molecular complexity index is 300. The van der Waals surface area contributed by atoms with Crippen LogP contribution in [-0.4, -0.2) is 19.0 Å². The van der Waals surface area contributed by atoms with Gasteiger partial charge in [-0.1, -0.05) is 52.9 Å². The molecule has 0 aromatic carbocycles. The number of nitrogens with one attached hydrogen (secondary N) is 1. The first-order valence-corrected chi connectivity index (χ1v) is 8.96. The van der Waals surface area contributed by atoms with Crippen LogP contribution in [0.5, 0.6) is 0 Å². The largest absolute Gasteiger partial charge is 0.355 e. The lowest BCUT2D eigenvalue weighted by Crippen LogP contribution is -2.39. The van der Waals surface area contributed by atoms with Gasteiger partial charge in [0.05, 0.1) is 0 Å². The van der Waals surface area contributed by atoms with Gasteiger partial charge in [-0.25, -0.2) is 0 Å². The average Bonchev–Trinajstić information content (AvgIpc) is 2.46. The molecule has 3 N–H and O–H groups in total. The third-order valence-electron chi connectivity index (χ3n) is 4.93. The van der Waals surface area contributed by atoms with E-state index < -0.39 is 0 Å². The van der Waals surface area contributed by atoms with Crippen molar-refractivity contribution in [1.82, 2.24) is 5.32 Å². The molecule has 1 aliphatic rings. The van der Waals surface area contributed by atoms with Gasteiger partial charge in [0.1, 0.15) is 0 Å². The second kappa shape index (κ2) is 9.45. The van der Waals surface area contributed by atoms with Crippen molar-refractivity contribution in [2.75, 3.05) is 13.1 Å². The number of nitrogens with two attached hydrogens (primary N) is 1. The molecule has 0 spiro atoms. The van der Waals surface area contributed by atoms with Gasteiger partial charge in [0.25, 0.3) is 0 Å². The minimum atomic E-state index is 0.218. The summed E-state index contributed by atoms with van der Waals surface area (Å²) < 4.78 is 0. The first kappa shape index (κ1) is 18.5. The summed E-state index contributed by atoms with van der Waals surface area (Å²) in [4.78, 5) is 12.4. The molecule has 0 aromatic rings. The van der Waals surface area contributed by atoms with Crippen LogP contribution in [0.3, 0.4) is 0 Å². The molecule has 0 aliphatic heterocycles. The van der Waals surface area contributed by atoms with Crippen LogP contribution < -0.4 is 11.1 Å². The van der Waals surface area contributed by atoms with Gasteiger partial charge in [-0.3, -0.25) is 4.79 Å². The summed E-state index contributed by atoms with van der Waals surface area (Å²) >= 11 is 0.